The Labute approximate surface area is 126 Å². The van der Waals surface area contributed by atoms with Crippen LogP contribution in [0, 0.1) is 0 Å². The third-order valence-corrected chi connectivity index (χ3v) is 4.45. The van der Waals surface area contributed by atoms with Crippen LogP contribution in [0.2, 0.25) is 0 Å². The summed E-state index contributed by atoms with van der Waals surface area (Å²) in [5, 5.41) is 12.2. The Kier molecular flexibility index (Phi) is 9.33. The van der Waals surface area contributed by atoms with Crippen molar-refractivity contribution in [3.63, 3.8) is 0 Å². The van der Waals surface area contributed by atoms with E-state index in [1.807, 2.05) is 6.07 Å². The Bertz CT molecular complexity index is 376. The molecule has 114 valence electrons. The van der Waals surface area contributed by atoms with E-state index in [2.05, 4.69) is 12.2 Å². The van der Waals surface area contributed by atoms with E-state index >= 15 is 0 Å². The summed E-state index contributed by atoms with van der Waals surface area (Å²) >= 11 is 1.36. The van der Waals surface area contributed by atoms with Gasteiger partial charge >= 0.3 is 5.97 Å². The Morgan fingerprint density at radius 3 is 2.35 bits per heavy atom. The zero-order chi connectivity index (χ0) is 14.6. The van der Waals surface area contributed by atoms with E-state index in [1.165, 1.54) is 62.7 Å². The van der Waals surface area contributed by atoms with Crippen molar-refractivity contribution >= 4 is 17.3 Å². The van der Waals surface area contributed by atoms with E-state index in [0.717, 1.165) is 18.0 Å². The summed E-state index contributed by atoms with van der Waals surface area (Å²) in [6.45, 7) is 4.06. The number of rotatable bonds is 12. The van der Waals surface area contributed by atoms with Crippen LogP contribution in [0.5, 0.6) is 0 Å². The lowest BCUT2D eigenvalue weighted by Crippen LogP contribution is -2.13. The van der Waals surface area contributed by atoms with Crippen LogP contribution in [0.1, 0.15) is 72.8 Å². The average Bonchev–Trinajstić information content (AvgIpc) is 2.90. The molecule has 0 saturated heterocycles. The maximum atomic E-state index is 10.7. The molecule has 0 aliphatic carbocycles. The zero-order valence-electron chi connectivity index (χ0n) is 12.5. The molecule has 2 N–H and O–H groups in total. The van der Waals surface area contributed by atoms with Crippen LogP contribution in [0.25, 0.3) is 0 Å². The van der Waals surface area contributed by atoms with Gasteiger partial charge in [0.15, 0.2) is 0 Å². The quantitative estimate of drug-likeness (QED) is 0.551. The van der Waals surface area contributed by atoms with Crippen molar-refractivity contribution in [1.82, 2.24) is 5.32 Å². The molecule has 1 aromatic rings. The Balaban J connectivity index is 1.93. The number of unbranched alkanes of at least 4 members (excludes halogenated alkanes) is 7. The van der Waals surface area contributed by atoms with E-state index in [0.29, 0.717) is 4.88 Å². The highest BCUT2D eigenvalue weighted by molar-refractivity contribution is 7.13. The molecule has 0 aliphatic rings. The zero-order valence-corrected chi connectivity index (χ0v) is 13.3. The van der Waals surface area contributed by atoms with Gasteiger partial charge in [-0.3, -0.25) is 0 Å². The van der Waals surface area contributed by atoms with Crippen molar-refractivity contribution in [2.24, 2.45) is 0 Å². The Hall–Kier alpha value is -0.870. The average molecular weight is 297 g/mol. The minimum atomic E-state index is -0.829. The van der Waals surface area contributed by atoms with E-state index < -0.39 is 5.97 Å². The molecule has 0 unspecified atom stereocenters. The van der Waals surface area contributed by atoms with Crippen LogP contribution >= 0.6 is 11.3 Å². The highest BCUT2D eigenvalue weighted by atomic mass is 32.1. The van der Waals surface area contributed by atoms with Crippen LogP contribution < -0.4 is 5.32 Å². The van der Waals surface area contributed by atoms with E-state index in [4.69, 9.17) is 5.11 Å². The maximum absolute atomic E-state index is 10.7. The number of nitrogens with one attached hydrogen (secondary N) is 1. The number of thiophene rings is 1. The molecule has 0 spiro atoms. The van der Waals surface area contributed by atoms with Gasteiger partial charge in [-0.2, -0.15) is 0 Å². The summed E-state index contributed by atoms with van der Waals surface area (Å²) in [6.07, 6.45) is 10.7. The van der Waals surface area contributed by atoms with Gasteiger partial charge < -0.3 is 10.4 Å². The van der Waals surface area contributed by atoms with Gasteiger partial charge in [0.1, 0.15) is 4.88 Å². The molecule has 0 aliphatic heterocycles. The second-order valence-corrected chi connectivity index (χ2v) is 6.39. The molecule has 0 bridgehead atoms. The number of carboxylic acid groups (broad SMARTS) is 1. The first-order valence-corrected chi connectivity index (χ1v) is 8.58. The van der Waals surface area contributed by atoms with Crippen molar-refractivity contribution < 1.29 is 9.90 Å². The van der Waals surface area contributed by atoms with Crippen molar-refractivity contribution in [1.29, 1.82) is 0 Å². The molecule has 1 rings (SSSR count). The van der Waals surface area contributed by atoms with E-state index in [1.54, 1.807) is 6.07 Å². The van der Waals surface area contributed by atoms with Gasteiger partial charge in [0.2, 0.25) is 0 Å². The normalized spacial score (nSPS) is 10.8. The van der Waals surface area contributed by atoms with Crippen molar-refractivity contribution in [2.75, 3.05) is 6.54 Å². The number of hydrogen-bond acceptors (Lipinski definition) is 3. The van der Waals surface area contributed by atoms with E-state index in [9.17, 15) is 4.79 Å². The maximum Gasteiger partial charge on any atom is 0.345 e. The van der Waals surface area contributed by atoms with Crippen molar-refractivity contribution in [3.8, 4) is 0 Å². The van der Waals surface area contributed by atoms with Crippen LogP contribution in [0.3, 0.4) is 0 Å². The van der Waals surface area contributed by atoms with Crippen molar-refractivity contribution in [2.45, 2.75) is 64.8 Å². The van der Waals surface area contributed by atoms with Gasteiger partial charge in [0, 0.05) is 11.4 Å². The molecular weight excluding hydrogens is 270 g/mol. The molecule has 0 saturated carbocycles. The lowest BCUT2D eigenvalue weighted by molar-refractivity contribution is 0.0702. The topological polar surface area (TPSA) is 49.3 Å². The van der Waals surface area contributed by atoms with Gasteiger partial charge in [0.05, 0.1) is 0 Å². The summed E-state index contributed by atoms with van der Waals surface area (Å²) in [6, 6.07) is 3.58. The smallest absolute Gasteiger partial charge is 0.345 e. The minimum absolute atomic E-state index is 0.425. The van der Waals surface area contributed by atoms with Crippen LogP contribution in [0.15, 0.2) is 12.1 Å². The highest BCUT2D eigenvalue weighted by Crippen LogP contribution is 2.16. The van der Waals surface area contributed by atoms with Crippen LogP contribution in [0.4, 0.5) is 0 Å². The standard InChI is InChI=1S/C16H27NO2S/c1-2-3-4-5-6-7-8-9-12-17-13-14-10-11-15(20-14)16(18)19/h10-11,17H,2-9,12-13H2,1H3,(H,18,19). The van der Waals surface area contributed by atoms with Crippen molar-refractivity contribution in [3.05, 3.63) is 21.9 Å². The highest BCUT2D eigenvalue weighted by Gasteiger charge is 2.05. The second-order valence-electron chi connectivity index (χ2n) is 5.22. The molecule has 3 nitrogen and oxygen atoms in total. The fourth-order valence-corrected chi connectivity index (χ4v) is 3.00. The summed E-state index contributed by atoms with van der Waals surface area (Å²) in [7, 11) is 0. The van der Waals surface area contributed by atoms with Gasteiger partial charge in [-0.15, -0.1) is 11.3 Å². The van der Waals surface area contributed by atoms with Crippen LogP contribution in [-0.2, 0) is 6.54 Å². The molecule has 1 heterocycles. The molecule has 1 aromatic heterocycles. The fourth-order valence-electron chi connectivity index (χ4n) is 2.18. The molecule has 0 fully saturated rings. The van der Waals surface area contributed by atoms with E-state index in [-0.39, 0.29) is 0 Å². The minimum Gasteiger partial charge on any atom is -0.477 e. The van der Waals surface area contributed by atoms with Gasteiger partial charge in [0.25, 0.3) is 0 Å². The number of hydrogen-bond donors (Lipinski definition) is 2. The number of aromatic carboxylic acids is 1. The largest absolute Gasteiger partial charge is 0.477 e. The lowest BCUT2D eigenvalue weighted by Gasteiger charge is -2.03. The summed E-state index contributed by atoms with van der Waals surface area (Å²) in [5.41, 5.74) is 0. The monoisotopic (exact) mass is 297 g/mol. The molecule has 0 radical (unpaired) electrons. The fraction of sp³-hybridized carbons (Fsp3) is 0.688. The lowest BCUT2D eigenvalue weighted by atomic mass is 10.1. The first-order chi connectivity index (χ1) is 9.74. The molecule has 20 heavy (non-hydrogen) atoms. The first-order valence-electron chi connectivity index (χ1n) is 7.76. The summed E-state index contributed by atoms with van der Waals surface area (Å²) in [5.74, 6) is -0.829. The SMILES string of the molecule is CCCCCCCCCCNCc1ccc(C(=O)O)s1. The molecule has 0 atom stereocenters. The predicted octanol–water partition coefficient (Wildman–Crippen LogP) is 4.68. The molecule has 0 amide bonds. The third kappa shape index (κ3) is 7.65. The summed E-state index contributed by atoms with van der Waals surface area (Å²) in [4.78, 5) is 12.3. The predicted molar refractivity (Wildman–Crippen MR) is 85.6 cm³/mol. The summed E-state index contributed by atoms with van der Waals surface area (Å²) < 4.78 is 0. The molecule has 0 aromatic carbocycles. The Morgan fingerprint density at radius 2 is 1.75 bits per heavy atom. The third-order valence-electron chi connectivity index (χ3n) is 3.38. The van der Waals surface area contributed by atoms with Gasteiger partial charge in [-0.05, 0) is 25.1 Å². The van der Waals surface area contributed by atoms with Gasteiger partial charge in [-0.1, -0.05) is 51.9 Å². The second kappa shape index (κ2) is 10.9. The van der Waals surface area contributed by atoms with Crippen LogP contribution in [-0.4, -0.2) is 17.6 Å². The number of carboxylic acids is 1. The first kappa shape index (κ1) is 17.2. The van der Waals surface area contributed by atoms with Gasteiger partial charge in [-0.25, -0.2) is 4.79 Å². The molecule has 4 heteroatoms. The Morgan fingerprint density at radius 1 is 1.10 bits per heavy atom. The number of carbonyl (C=O) groups is 1. The molecular formula is C16H27NO2S.